The molecule has 1 atom stereocenters. The van der Waals surface area contributed by atoms with Gasteiger partial charge in [0.05, 0.1) is 22.9 Å². The Kier molecular flexibility index (Phi) is 5.81. The molecule has 27 heavy (non-hydrogen) atoms. The van der Waals surface area contributed by atoms with Gasteiger partial charge in [-0.3, -0.25) is 4.79 Å². The molecule has 1 amide bonds. The fourth-order valence-corrected chi connectivity index (χ4v) is 3.93. The summed E-state index contributed by atoms with van der Waals surface area (Å²) in [6, 6.07) is 11.4. The number of nitrogens with one attached hydrogen (secondary N) is 1. The number of amides is 1. The molecule has 7 heteroatoms. The maximum absolute atomic E-state index is 12.2. The number of hydrogen-bond acceptors (Lipinski definition) is 6. The number of para-hydroxylation sites is 1. The quantitative estimate of drug-likeness (QED) is 0.595. The fraction of sp³-hybridized carbons (Fsp3) is 0.400. The highest BCUT2D eigenvalue weighted by Crippen LogP contribution is 2.31. The first-order chi connectivity index (χ1) is 13.3. The highest BCUT2D eigenvalue weighted by atomic mass is 32.1. The zero-order valence-corrected chi connectivity index (χ0v) is 15.8. The summed E-state index contributed by atoms with van der Waals surface area (Å²) in [5.41, 5.74) is 0.933. The molecular formula is C20H22N2O4S. The second kappa shape index (κ2) is 8.65. The van der Waals surface area contributed by atoms with E-state index in [1.54, 1.807) is 23.5 Å². The molecular weight excluding hydrogens is 364 g/mol. The number of aromatic nitrogens is 1. The van der Waals surface area contributed by atoms with Gasteiger partial charge in [-0.1, -0.05) is 12.1 Å². The molecule has 4 rings (SSSR count). The van der Waals surface area contributed by atoms with E-state index in [2.05, 4.69) is 10.3 Å². The van der Waals surface area contributed by atoms with Crippen molar-refractivity contribution in [2.24, 2.45) is 0 Å². The van der Waals surface area contributed by atoms with E-state index in [4.69, 9.17) is 13.9 Å². The highest BCUT2D eigenvalue weighted by Gasteiger charge is 2.16. The van der Waals surface area contributed by atoms with Crippen LogP contribution in [0.3, 0.4) is 0 Å². The van der Waals surface area contributed by atoms with Gasteiger partial charge in [0.15, 0.2) is 16.5 Å². The van der Waals surface area contributed by atoms with Gasteiger partial charge in [-0.2, -0.15) is 0 Å². The Labute approximate surface area is 161 Å². The van der Waals surface area contributed by atoms with Gasteiger partial charge in [0.2, 0.25) is 0 Å². The van der Waals surface area contributed by atoms with Gasteiger partial charge >= 0.3 is 0 Å². The number of benzene rings is 1. The molecule has 0 saturated carbocycles. The number of hydrogen-bond donors (Lipinski definition) is 1. The van der Waals surface area contributed by atoms with E-state index in [0.29, 0.717) is 31.3 Å². The second-order valence-electron chi connectivity index (χ2n) is 6.47. The molecule has 0 radical (unpaired) electrons. The maximum Gasteiger partial charge on any atom is 0.287 e. The van der Waals surface area contributed by atoms with Crippen molar-refractivity contribution in [2.45, 2.75) is 25.4 Å². The minimum atomic E-state index is -0.221. The Balaban J connectivity index is 1.23. The van der Waals surface area contributed by atoms with Crippen molar-refractivity contribution in [3.8, 4) is 10.8 Å². The van der Waals surface area contributed by atoms with Crippen LogP contribution in [0.15, 0.2) is 40.8 Å². The Morgan fingerprint density at radius 1 is 1.30 bits per heavy atom. The first kappa shape index (κ1) is 18.2. The van der Waals surface area contributed by atoms with Crippen molar-refractivity contribution >= 4 is 27.5 Å². The lowest BCUT2D eigenvalue weighted by Gasteiger charge is -2.10. The molecule has 1 aliphatic heterocycles. The van der Waals surface area contributed by atoms with E-state index in [1.807, 2.05) is 24.3 Å². The van der Waals surface area contributed by atoms with Crippen molar-refractivity contribution in [2.75, 3.05) is 26.4 Å². The number of furan rings is 1. The van der Waals surface area contributed by atoms with E-state index in [1.165, 1.54) is 0 Å². The lowest BCUT2D eigenvalue weighted by Crippen LogP contribution is -2.25. The van der Waals surface area contributed by atoms with Crippen LogP contribution in [0.4, 0.5) is 0 Å². The second-order valence-corrected chi connectivity index (χ2v) is 7.50. The van der Waals surface area contributed by atoms with E-state index in [9.17, 15) is 4.79 Å². The van der Waals surface area contributed by atoms with Crippen molar-refractivity contribution in [3.63, 3.8) is 0 Å². The Hall–Kier alpha value is -2.22. The molecule has 2 aromatic heterocycles. The van der Waals surface area contributed by atoms with Gasteiger partial charge in [-0.05, 0) is 43.5 Å². The number of carbonyl (C=O) groups excluding carboxylic acids is 1. The van der Waals surface area contributed by atoms with Crippen molar-refractivity contribution in [1.29, 1.82) is 0 Å². The third kappa shape index (κ3) is 4.55. The van der Waals surface area contributed by atoms with Gasteiger partial charge in [-0.15, -0.1) is 11.3 Å². The summed E-state index contributed by atoms with van der Waals surface area (Å²) in [6.45, 7) is 2.63. The van der Waals surface area contributed by atoms with Gasteiger partial charge in [0, 0.05) is 19.8 Å². The third-order valence-electron chi connectivity index (χ3n) is 4.41. The lowest BCUT2D eigenvalue weighted by molar-refractivity contribution is 0.0166. The summed E-state index contributed by atoms with van der Waals surface area (Å²) in [6.07, 6.45) is 3.19. The fourth-order valence-electron chi connectivity index (χ4n) is 3.01. The van der Waals surface area contributed by atoms with Gasteiger partial charge in [-0.25, -0.2) is 4.98 Å². The van der Waals surface area contributed by atoms with Crippen LogP contribution in [0.25, 0.3) is 21.0 Å². The molecule has 3 heterocycles. The van der Waals surface area contributed by atoms with Crippen molar-refractivity contribution in [1.82, 2.24) is 10.3 Å². The maximum atomic E-state index is 12.2. The Bertz CT molecular complexity index is 865. The van der Waals surface area contributed by atoms with Crippen molar-refractivity contribution in [3.05, 3.63) is 42.2 Å². The smallest absolute Gasteiger partial charge is 0.287 e. The standard InChI is InChI=1S/C20H22N2O4S/c23-19(21-10-4-11-24-13-14-5-3-12-25-14)16-8-9-17(26-16)20-22-15-6-1-2-7-18(15)27-20/h1-2,6-9,14H,3-5,10-13H2,(H,21,23). The summed E-state index contributed by atoms with van der Waals surface area (Å²) in [5.74, 6) is 0.687. The minimum absolute atomic E-state index is 0.221. The van der Waals surface area contributed by atoms with Crippen LogP contribution in [0.2, 0.25) is 0 Å². The summed E-state index contributed by atoms with van der Waals surface area (Å²) in [7, 11) is 0. The monoisotopic (exact) mass is 386 g/mol. The molecule has 1 saturated heterocycles. The summed E-state index contributed by atoms with van der Waals surface area (Å²) >= 11 is 1.55. The van der Waals surface area contributed by atoms with Crippen LogP contribution < -0.4 is 5.32 Å². The van der Waals surface area contributed by atoms with Crippen LogP contribution in [-0.2, 0) is 9.47 Å². The lowest BCUT2D eigenvalue weighted by atomic mass is 10.2. The molecule has 1 N–H and O–H groups in total. The predicted octanol–water partition coefficient (Wildman–Crippen LogP) is 3.87. The molecule has 3 aromatic rings. The summed E-state index contributed by atoms with van der Waals surface area (Å²) < 4.78 is 17.9. The third-order valence-corrected chi connectivity index (χ3v) is 5.46. The molecule has 1 aromatic carbocycles. The number of ether oxygens (including phenoxy) is 2. The first-order valence-corrected chi connectivity index (χ1v) is 10.0. The predicted molar refractivity (Wildman–Crippen MR) is 104 cm³/mol. The number of fused-ring (bicyclic) bond motifs is 1. The number of thiazole rings is 1. The van der Waals surface area contributed by atoms with E-state index in [-0.39, 0.29) is 12.0 Å². The van der Waals surface area contributed by atoms with Crippen LogP contribution in [0.1, 0.15) is 29.8 Å². The van der Waals surface area contributed by atoms with E-state index >= 15 is 0 Å². The minimum Gasteiger partial charge on any atom is -0.448 e. The largest absolute Gasteiger partial charge is 0.448 e. The Morgan fingerprint density at radius 2 is 2.22 bits per heavy atom. The number of carbonyl (C=O) groups is 1. The van der Waals surface area contributed by atoms with Gasteiger partial charge < -0.3 is 19.2 Å². The zero-order chi connectivity index (χ0) is 18.5. The molecule has 1 aliphatic rings. The molecule has 1 unspecified atom stereocenters. The van der Waals surface area contributed by atoms with Gasteiger partial charge in [0.1, 0.15) is 0 Å². The van der Waals surface area contributed by atoms with Crippen LogP contribution in [0.5, 0.6) is 0 Å². The van der Waals surface area contributed by atoms with Crippen LogP contribution in [-0.4, -0.2) is 43.4 Å². The number of nitrogens with zero attached hydrogens (tertiary/aromatic N) is 1. The average molecular weight is 386 g/mol. The van der Waals surface area contributed by atoms with Crippen LogP contribution >= 0.6 is 11.3 Å². The molecule has 142 valence electrons. The SMILES string of the molecule is O=C(NCCCOCC1CCCO1)c1ccc(-c2nc3ccccc3s2)o1. The summed E-state index contributed by atoms with van der Waals surface area (Å²) in [4.78, 5) is 16.8. The molecule has 6 nitrogen and oxygen atoms in total. The molecule has 0 spiro atoms. The van der Waals surface area contributed by atoms with Crippen molar-refractivity contribution < 1.29 is 18.7 Å². The van der Waals surface area contributed by atoms with Gasteiger partial charge in [0.25, 0.3) is 5.91 Å². The Morgan fingerprint density at radius 3 is 3.07 bits per heavy atom. The zero-order valence-electron chi connectivity index (χ0n) is 15.0. The molecule has 1 fully saturated rings. The average Bonchev–Trinajstić information content (AvgIpc) is 3.44. The summed E-state index contributed by atoms with van der Waals surface area (Å²) in [5, 5.41) is 3.63. The highest BCUT2D eigenvalue weighted by molar-refractivity contribution is 7.21. The normalized spacial score (nSPS) is 16.8. The van der Waals surface area contributed by atoms with E-state index < -0.39 is 0 Å². The molecule has 0 bridgehead atoms. The first-order valence-electron chi connectivity index (χ1n) is 9.23. The topological polar surface area (TPSA) is 73.6 Å². The number of rotatable bonds is 8. The van der Waals surface area contributed by atoms with E-state index in [0.717, 1.165) is 41.1 Å². The van der Waals surface area contributed by atoms with Crippen LogP contribution in [0, 0.1) is 0 Å². The molecule has 0 aliphatic carbocycles.